The van der Waals surface area contributed by atoms with E-state index in [1.165, 1.54) is 10.6 Å². The lowest BCUT2D eigenvalue weighted by Gasteiger charge is -2.14. The maximum absolute atomic E-state index is 12.5. The van der Waals surface area contributed by atoms with Crippen LogP contribution in [0.15, 0.2) is 53.8 Å². The second-order valence-electron chi connectivity index (χ2n) is 5.39. The van der Waals surface area contributed by atoms with Gasteiger partial charge in [0.15, 0.2) is 0 Å². The molecule has 0 aliphatic carbocycles. The molecule has 3 aromatic rings. The monoisotopic (exact) mass is 308 g/mol. The Morgan fingerprint density at radius 3 is 2.70 bits per heavy atom. The summed E-state index contributed by atoms with van der Waals surface area (Å²) in [6.07, 6.45) is 6.32. The number of nitrogens with one attached hydrogen (secondary N) is 1. The first-order chi connectivity index (χ1) is 11.1. The Morgan fingerprint density at radius 1 is 1.22 bits per heavy atom. The van der Waals surface area contributed by atoms with E-state index in [1.54, 1.807) is 24.7 Å². The van der Waals surface area contributed by atoms with Crippen LogP contribution in [0.2, 0.25) is 0 Å². The van der Waals surface area contributed by atoms with Crippen LogP contribution in [-0.2, 0) is 0 Å². The van der Waals surface area contributed by atoms with Gasteiger partial charge in [-0.05, 0) is 43.2 Å². The predicted molar refractivity (Wildman–Crippen MR) is 86.3 cm³/mol. The summed E-state index contributed by atoms with van der Waals surface area (Å²) in [6.45, 7) is 3.73. The Labute approximate surface area is 132 Å². The zero-order valence-corrected chi connectivity index (χ0v) is 12.9. The normalized spacial score (nSPS) is 12.1. The van der Waals surface area contributed by atoms with E-state index in [4.69, 9.17) is 0 Å². The minimum absolute atomic E-state index is 0.0222. The van der Waals surface area contributed by atoms with Gasteiger partial charge in [-0.2, -0.15) is 0 Å². The number of fused-ring (bicyclic) bond motifs is 1. The molecule has 0 fully saturated rings. The van der Waals surface area contributed by atoms with Gasteiger partial charge < -0.3 is 5.32 Å². The summed E-state index contributed by atoms with van der Waals surface area (Å²) in [5.41, 5.74) is 1.99. The molecule has 23 heavy (non-hydrogen) atoms. The van der Waals surface area contributed by atoms with Crippen molar-refractivity contribution in [2.45, 2.75) is 19.9 Å². The number of rotatable bonds is 3. The molecule has 3 rings (SSSR count). The second-order valence-corrected chi connectivity index (χ2v) is 5.39. The van der Waals surface area contributed by atoms with E-state index < -0.39 is 5.91 Å². The number of pyridine rings is 2. The fourth-order valence-electron chi connectivity index (χ4n) is 2.35. The third-order valence-corrected chi connectivity index (χ3v) is 3.65. The van der Waals surface area contributed by atoms with Gasteiger partial charge in [-0.15, -0.1) is 0 Å². The average molecular weight is 308 g/mol. The lowest BCUT2D eigenvalue weighted by Crippen LogP contribution is -2.33. The summed E-state index contributed by atoms with van der Waals surface area (Å²) >= 11 is 0. The molecule has 1 unspecified atom stereocenters. The molecule has 0 aliphatic heterocycles. The van der Waals surface area contributed by atoms with Crippen molar-refractivity contribution in [3.63, 3.8) is 0 Å². The Morgan fingerprint density at radius 2 is 1.96 bits per heavy atom. The second kappa shape index (κ2) is 6.00. The molecule has 1 atom stereocenters. The maximum atomic E-state index is 12.5. The van der Waals surface area contributed by atoms with Gasteiger partial charge in [0.05, 0.1) is 6.04 Å². The van der Waals surface area contributed by atoms with Crippen LogP contribution in [0.25, 0.3) is 5.65 Å². The van der Waals surface area contributed by atoms with Crippen LogP contribution in [0.4, 0.5) is 0 Å². The summed E-state index contributed by atoms with van der Waals surface area (Å²) in [4.78, 5) is 33.0. The van der Waals surface area contributed by atoms with Crippen LogP contribution in [0.3, 0.4) is 0 Å². The number of carbonyl (C=O) groups is 1. The minimum atomic E-state index is -0.442. The van der Waals surface area contributed by atoms with E-state index in [1.807, 2.05) is 32.0 Å². The molecule has 3 aromatic heterocycles. The summed E-state index contributed by atoms with van der Waals surface area (Å²) in [5, 5.41) is 2.81. The fourth-order valence-corrected chi connectivity index (χ4v) is 2.35. The van der Waals surface area contributed by atoms with Crippen molar-refractivity contribution < 1.29 is 4.79 Å². The number of aryl methyl sites for hydroxylation is 1. The lowest BCUT2D eigenvalue weighted by molar-refractivity contribution is 0.0938. The van der Waals surface area contributed by atoms with Gasteiger partial charge >= 0.3 is 0 Å². The Hall–Kier alpha value is -3.02. The van der Waals surface area contributed by atoms with Crippen molar-refractivity contribution in [1.82, 2.24) is 19.7 Å². The number of hydrogen-bond acceptors (Lipinski definition) is 4. The van der Waals surface area contributed by atoms with Crippen molar-refractivity contribution in [2.24, 2.45) is 0 Å². The van der Waals surface area contributed by atoms with E-state index in [9.17, 15) is 9.59 Å². The SMILES string of the molecule is Cc1ccc2ncc(C(=O)NC(C)c3ccncc3)c(=O)n2c1. The summed E-state index contributed by atoms with van der Waals surface area (Å²) < 4.78 is 1.39. The standard InChI is InChI=1S/C17H16N4O2/c1-11-3-4-15-19-9-14(17(23)21(15)10-11)16(22)20-12(2)13-5-7-18-8-6-13/h3-10,12H,1-2H3,(H,20,22). The van der Waals surface area contributed by atoms with Crippen molar-refractivity contribution in [3.8, 4) is 0 Å². The van der Waals surface area contributed by atoms with Crippen molar-refractivity contribution in [2.75, 3.05) is 0 Å². The quantitative estimate of drug-likeness (QED) is 0.801. The van der Waals surface area contributed by atoms with E-state index in [-0.39, 0.29) is 17.2 Å². The zero-order chi connectivity index (χ0) is 16.4. The molecule has 116 valence electrons. The minimum Gasteiger partial charge on any atom is -0.345 e. The third kappa shape index (κ3) is 2.96. The highest BCUT2D eigenvalue weighted by Gasteiger charge is 2.16. The first-order valence-corrected chi connectivity index (χ1v) is 7.25. The van der Waals surface area contributed by atoms with Crippen LogP contribution >= 0.6 is 0 Å². The van der Waals surface area contributed by atoms with E-state index >= 15 is 0 Å². The zero-order valence-electron chi connectivity index (χ0n) is 12.9. The molecule has 1 N–H and O–H groups in total. The highest BCUT2D eigenvalue weighted by Crippen LogP contribution is 2.11. The molecule has 0 saturated carbocycles. The molecule has 3 heterocycles. The van der Waals surface area contributed by atoms with Crippen LogP contribution in [0.5, 0.6) is 0 Å². The molecule has 0 spiro atoms. The van der Waals surface area contributed by atoms with Gasteiger partial charge in [-0.25, -0.2) is 4.98 Å². The molecular weight excluding hydrogens is 292 g/mol. The van der Waals surface area contributed by atoms with Crippen molar-refractivity contribution in [3.05, 3.63) is 76.1 Å². The van der Waals surface area contributed by atoms with Crippen molar-refractivity contribution >= 4 is 11.6 Å². The molecule has 0 radical (unpaired) electrons. The number of aromatic nitrogens is 3. The molecule has 1 amide bonds. The molecular formula is C17H16N4O2. The van der Waals surface area contributed by atoms with Gasteiger partial charge in [0, 0.05) is 24.8 Å². The van der Waals surface area contributed by atoms with Crippen LogP contribution in [0.1, 0.15) is 34.5 Å². The third-order valence-electron chi connectivity index (χ3n) is 3.65. The summed E-state index contributed by atoms with van der Waals surface area (Å²) in [5.74, 6) is -0.442. The highest BCUT2D eigenvalue weighted by molar-refractivity contribution is 5.94. The maximum Gasteiger partial charge on any atom is 0.270 e. The molecule has 0 aliphatic rings. The van der Waals surface area contributed by atoms with Gasteiger partial charge in [0.2, 0.25) is 0 Å². The number of hydrogen-bond donors (Lipinski definition) is 1. The summed E-state index contributed by atoms with van der Waals surface area (Å²) in [7, 11) is 0. The largest absolute Gasteiger partial charge is 0.345 e. The smallest absolute Gasteiger partial charge is 0.270 e. The Bertz CT molecular complexity index is 919. The predicted octanol–water partition coefficient (Wildman–Crippen LogP) is 1.89. The van der Waals surface area contributed by atoms with Gasteiger partial charge in [-0.1, -0.05) is 6.07 Å². The fraction of sp³-hybridized carbons (Fsp3) is 0.176. The molecule has 6 heteroatoms. The number of carbonyl (C=O) groups excluding carboxylic acids is 1. The molecule has 0 bridgehead atoms. The van der Waals surface area contributed by atoms with Crippen LogP contribution < -0.4 is 10.9 Å². The molecule has 0 saturated heterocycles. The number of nitrogens with zero attached hydrogens (tertiary/aromatic N) is 3. The molecule has 6 nitrogen and oxygen atoms in total. The Balaban J connectivity index is 1.92. The van der Waals surface area contributed by atoms with Gasteiger partial charge in [0.1, 0.15) is 11.2 Å². The topological polar surface area (TPSA) is 76.4 Å². The Kier molecular flexibility index (Phi) is 3.89. The first kappa shape index (κ1) is 14.9. The van der Waals surface area contributed by atoms with Gasteiger partial charge in [0.25, 0.3) is 11.5 Å². The number of amides is 1. The summed E-state index contributed by atoms with van der Waals surface area (Å²) in [6, 6.07) is 7.02. The van der Waals surface area contributed by atoms with E-state index in [0.29, 0.717) is 5.65 Å². The van der Waals surface area contributed by atoms with Crippen LogP contribution in [0, 0.1) is 6.92 Å². The van der Waals surface area contributed by atoms with Gasteiger partial charge in [-0.3, -0.25) is 19.0 Å². The van der Waals surface area contributed by atoms with Crippen LogP contribution in [-0.4, -0.2) is 20.3 Å². The highest BCUT2D eigenvalue weighted by atomic mass is 16.2. The van der Waals surface area contributed by atoms with Crippen molar-refractivity contribution in [1.29, 1.82) is 0 Å². The van der Waals surface area contributed by atoms with E-state index in [0.717, 1.165) is 11.1 Å². The molecule has 0 aromatic carbocycles. The van der Waals surface area contributed by atoms with E-state index in [2.05, 4.69) is 15.3 Å². The first-order valence-electron chi connectivity index (χ1n) is 7.25. The lowest BCUT2D eigenvalue weighted by atomic mass is 10.1. The average Bonchev–Trinajstić information content (AvgIpc) is 2.56.